The first kappa shape index (κ1) is 12.8. The summed E-state index contributed by atoms with van der Waals surface area (Å²) in [5.74, 6) is 0. The van der Waals surface area contributed by atoms with Crippen molar-refractivity contribution in [3.63, 3.8) is 0 Å². The number of rotatable bonds is 3. The molecule has 1 fully saturated rings. The Balaban J connectivity index is 1.87. The number of thiazole rings is 1. The molecule has 2 aromatic rings. The van der Waals surface area contributed by atoms with E-state index >= 15 is 0 Å². The van der Waals surface area contributed by atoms with E-state index in [9.17, 15) is 4.79 Å². The van der Waals surface area contributed by atoms with Crippen LogP contribution in [0.5, 0.6) is 0 Å². The highest BCUT2D eigenvalue weighted by molar-refractivity contribution is 7.15. The Kier molecular flexibility index (Phi) is 3.38. The van der Waals surface area contributed by atoms with Crippen molar-refractivity contribution in [3.05, 3.63) is 33.2 Å². The molecule has 0 amide bonds. The maximum atomic E-state index is 12.1. The molecule has 1 aliphatic rings. The standard InChI is InChI=1S/C13H18N4OS/c1-9-8-19-13-15-10(5-12(18)17(9)13)7-16(2)11-3-4-14-6-11/h5,8,11,14H,3-4,6-7H2,1-2H3. The van der Waals surface area contributed by atoms with Gasteiger partial charge in [0.25, 0.3) is 5.56 Å². The van der Waals surface area contributed by atoms with E-state index in [0.29, 0.717) is 6.04 Å². The molecule has 6 heteroatoms. The predicted molar refractivity (Wildman–Crippen MR) is 76.8 cm³/mol. The largest absolute Gasteiger partial charge is 0.315 e. The van der Waals surface area contributed by atoms with Crippen molar-refractivity contribution in [1.29, 1.82) is 0 Å². The van der Waals surface area contributed by atoms with E-state index in [1.54, 1.807) is 10.5 Å². The Labute approximate surface area is 115 Å². The molecule has 3 rings (SSSR count). The zero-order chi connectivity index (χ0) is 13.4. The Morgan fingerprint density at radius 2 is 2.47 bits per heavy atom. The molecule has 0 saturated carbocycles. The summed E-state index contributed by atoms with van der Waals surface area (Å²) in [6.07, 6.45) is 1.16. The summed E-state index contributed by atoms with van der Waals surface area (Å²) >= 11 is 1.52. The number of nitrogens with zero attached hydrogens (tertiary/aromatic N) is 3. The van der Waals surface area contributed by atoms with E-state index in [1.807, 2.05) is 12.3 Å². The number of aromatic nitrogens is 2. The second-order valence-electron chi connectivity index (χ2n) is 5.14. The van der Waals surface area contributed by atoms with Gasteiger partial charge in [-0.1, -0.05) is 0 Å². The van der Waals surface area contributed by atoms with Crippen LogP contribution in [0.3, 0.4) is 0 Å². The van der Waals surface area contributed by atoms with Crippen LogP contribution in [0, 0.1) is 6.92 Å². The van der Waals surface area contributed by atoms with Crippen LogP contribution in [-0.2, 0) is 6.54 Å². The molecule has 5 nitrogen and oxygen atoms in total. The van der Waals surface area contributed by atoms with Crippen molar-refractivity contribution in [2.45, 2.75) is 25.9 Å². The summed E-state index contributed by atoms with van der Waals surface area (Å²) in [5.41, 5.74) is 1.84. The molecule has 1 atom stereocenters. The number of aryl methyl sites for hydroxylation is 1. The third-order valence-corrected chi connectivity index (χ3v) is 4.64. The van der Waals surface area contributed by atoms with Crippen LogP contribution in [-0.4, -0.2) is 40.5 Å². The summed E-state index contributed by atoms with van der Waals surface area (Å²) in [5, 5.41) is 5.33. The molecule has 2 aromatic heterocycles. The molecule has 1 saturated heterocycles. The molecule has 0 spiro atoms. The molecular weight excluding hydrogens is 260 g/mol. The summed E-state index contributed by atoms with van der Waals surface area (Å²) < 4.78 is 1.67. The fourth-order valence-electron chi connectivity index (χ4n) is 2.58. The minimum atomic E-state index is 0.0247. The minimum absolute atomic E-state index is 0.0247. The summed E-state index contributed by atoms with van der Waals surface area (Å²) in [6, 6.07) is 2.20. The lowest BCUT2D eigenvalue weighted by Gasteiger charge is -2.22. The van der Waals surface area contributed by atoms with E-state index in [1.165, 1.54) is 11.3 Å². The second-order valence-corrected chi connectivity index (χ2v) is 5.98. The van der Waals surface area contributed by atoms with Gasteiger partial charge < -0.3 is 5.32 Å². The smallest absolute Gasteiger partial charge is 0.259 e. The monoisotopic (exact) mass is 278 g/mol. The van der Waals surface area contributed by atoms with Crippen molar-refractivity contribution in [1.82, 2.24) is 19.6 Å². The van der Waals surface area contributed by atoms with Crippen LogP contribution in [0.25, 0.3) is 4.96 Å². The van der Waals surface area contributed by atoms with Gasteiger partial charge in [0.05, 0.1) is 5.69 Å². The van der Waals surface area contributed by atoms with E-state index in [-0.39, 0.29) is 5.56 Å². The average molecular weight is 278 g/mol. The van der Waals surface area contributed by atoms with Crippen LogP contribution in [0.1, 0.15) is 17.8 Å². The second kappa shape index (κ2) is 5.03. The molecule has 19 heavy (non-hydrogen) atoms. The lowest BCUT2D eigenvalue weighted by atomic mass is 10.2. The van der Waals surface area contributed by atoms with E-state index in [0.717, 1.165) is 42.4 Å². The van der Waals surface area contributed by atoms with Gasteiger partial charge in [-0.15, -0.1) is 11.3 Å². The Morgan fingerprint density at radius 3 is 3.21 bits per heavy atom. The zero-order valence-electron chi connectivity index (χ0n) is 11.2. The van der Waals surface area contributed by atoms with Crippen LogP contribution in [0.2, 0.25) is 0 Å². The van der Waals surface area contributed by atoms with Gasteiger partial charge in [0.2, 0.25) is 0 Å². The van der Waals surface area contributed by atoms with Crippen LogP contribution < -0.4 is 10.9 Å². The molecule has 102 valence electrons. The maximum Gasteiger partial charge on any atom is 0.259 e. The first-order chi connectivity index (χ1) is 9.15. The quantitative estimate of drug-likeness (QED) is 0.904. The first-order valence-corrected chi connectivity index (χ1v) is 7.41. The molecule has 1 aliphatic heterocycles. The van der Waals surface area contributed by atoms with Gasteiger partial charge in [0.15, 0.2) is 4.96 Å². The highest BCUT2D eigenvalue weighted by Gasteiger charge is 2.19. The Hall–Kier alpha value is -1.24. The van der Waals surface area contributed by atoms with Crippen molar-refractivity contribution < 1.29 is 0 Å². The number of hydrogen-bond acceptors (Lipinski definition) is 5. The zero-order valence-corrected chi connectivity index (χ0v) is 12.0. The van der Waals surface area contributed by atoms with Crippen molar-refractivity contribution in [2.24, 2.45) is 0 Å². The van der Waals surface area contributed by atoms with E-state index < -0.39 is 0 Å². The van der Waals surface area contributed by atoms with Crippen LogP contribution in [0.4, 0.5) is 0 Å². The predicted octanol–water partition coefficient (Wildman–Crippen LogP) is 0.858. The van der Waals surface area contributed by atoms with Gasteiger partial charge in [-0.25, -0.2) is 4.98 Å². The number of likely N-dealkylation sites (N-methyl/N-ethyl adjacent to an activating group) is 1. The molecule has 1 unspecified atom stereocenters. The van der Waals surface area contributed by atoms with E-state index in [2.05, 4.69) is 22.2 Å². The lowest BCUT2D eigenvalue weighted by Crippen LogP contribution is -2.33. The van der Waals surface area contributed by atoms with Gasteiger partial charge in [-0.05, 0) is 26.9 Å². The van der Waals surface area contributed by atoms with Gasteiger partial charge in [0.1, 0.15) is 0 Å². The topological polar surface area (TPSA) is 49.6 Å². The number of hydrogen-bond donors (Lipinski definition) is 1. The number of nitrogens with one attached hydrogen (secondary N) is 1. The molecule has 3 heterocycles. The van der Waals surface area contributed by atoms with Crippen molar-refractivity contribution in [3.8, 4) is 0 Å². The normalized spacial score (nSPS) is 19.6. The SMILES string of the molecule is Cc1csc2nc(CN(C)C3CCNC3)cc(=O)n12. The molecule has 0 aliphatic carbocycles. The third-order valence-electron chi connectivity index (χ3n) is 3.70. The highest BCUT2D eigenvalue weighted by Crippen LogP contribution is 2.13. The summed E-state index contributed by atoms with van der Waals surface area (Å²) in [4.78, 5) is 19.7. The lowest BCUT2D eigenvalue weighted by molar-refractivity contribution is 0.246. The van der Waals surface area contributed by atoms with Crippen molar-refractivity contribution in [2.75, 3.05) is 20.1 Å². The van der Waals surface area contributed by atoms with Crippen molar-refractivity contribution >= 4 is 16.3 Å². The summed E-state index contributed by atoms with van der Waals surface area (Å²) in [7, 11) is 2.10. The minimum Gasteiger partial charge on any atom is -0.315 e. The van der Waals surface area contributed by atoms with Crippen LogP contribution in [0.15, 0.2) is 16.2 Å². The van der Waals surface area contributed by atoms with Gasteiger partial charge >= 0.3 is 0 Å². The fraction of sp³-hybridized carbons (Fsp3) is 0.538. The maximum absolute atomic E-state index is 12.1. The Morgan fingerprint density at radius 1 is 1.63 bits per heavy atom. The summed E-state index contributed by atoms with van der Waals surface area (Å²) in [6.45, 7) is 4.77. The van der Waals surface area contributed by atoms with E-state index in [4.69, 9.17) is 0 Å². The average Bonchev–Trinajstić information content (AvgIpc) is 2.99. The molecule has 0 radical (unpaired) electrons. The van der Waals surface area contributed by atoms with Gasteiger partial charge in [-0.2, -0.15) is 0 Å². The van der Waals surface area contributed by atoms with Crippen LogP contribution >= 0.6 is 11.3 Å². The molecule has 0 bridgehead atoms. The Bertz CT molecular complexity index is 642. The first-order valence-electron chi connectivity index (χ1n) is 6.53. The number of fused-ring (bicyclic) bond motifs is 1. The molecular formula is C13H18N4OS. The molecule has 1 N–H and O–H groups in total. The van der Waals surface area contributed by atoms with Gasteiger partial charge in [0, 0.05) is 36.3 Å². The fourth-order valence-corrected chi connectivity index (χ4v) is 3.47. The molecule has 0 aromatic carbocycles. The highest BCUT2D eigenvalue weighted by atomic mass is 32.1. The third kappa shape index (κ3) is 2.43. The van der Waals surface area contributed by atoms with Gasteiger partial charge in [-0.3, -0.25) is 14.1 Å².